The molecule has 252 valence electrons. The third kappa shape index (κ3) is 6.43. The molecular formula is C24H33N8O13P. The topological polar surface area (TPSA) is 339 Å². The second-order valence-corrected chi connectivity index (χ2v) is 12.0. The van der Waals surface area contributed by atoms with E-state index >= 15 is 0 Å². The van der Waals surface area contributed by atoms with Crippen molar-refractivity contribution < 1.29 is 53.4 Å². The standard InChI is InChI=1S/C12H17N4O8P.C12H16N4O5/c1-22-9-7(17)11(23-3-25(19,20)21)24-8(9)4-2-14-6-5(4)15-12(13)16-10(6)18;1-20-10-8(18)5(3-17)21-9(10)4-2-14-7-6(4)15-12(13)16-11(7)19/h2,7-9,11,14,17H,3H2,1H3,(H2,19,20,21)(H3,13,15,16,18);2,5,8-10,14,17-18H,3H2,1H3,(H3,13,15,16,19)/t7?,8-,9+,11-;5-,8?,9+,10-/m01/s1. The number of nitrogens with zero attached hydrogens (tertiary/aromatic N) is 2. The molecule has 0 saturated carbocycles. The number of nitrogens with one attached hydrogen (secondary N) is 4. The largest absolute Gasteiger partial charge is 0.394 e. The number of aromatic nitrogens is 6. The minimum Gasteiger partial charge on any atom is -0.394 e. The Balaban J connectivity index is 0.000000184. The first-order valence-corrected chi connectivity index (χ1v) is 15.3. The minimum atomic E-state index is -4.44. The van der Waals surface area contributed by atoms with Crippen molar-refractivity contribution in [3.8, 4) is 0 Å². The first-order valence-electron chi connectivity index (χ1n) is 13.5. The summed E-state index contributed by atoms with van der Waals surface area (Å²) in [6.45, 7) is -0.337. The van der Waals surface area contributed by atoms with Gasteiger partial charge >= 0.3 is 7.60 Å². The van der Waals surface area contributed by atoms with Crippen molar-refractivity contribution >= 4 is 41.6 Å². The minimum absolute atomic E-state index is 0.0143. The van der Waals surface area contributed by atoms with E-state index in [9.17, 15) is 29.5 Å². The third-order valence-corrected chi connectivity index (χ3v) is 7.93. The van der Waals surface area contributed by atoms with Crippen LogP contribution in [0, 0.1) is 0 Å². The maximum Gasteiger partial charge on any atom is 0.351 e. The first kappa shape index (κ1) is 33.6. The van der Waals surface area contributed by atoms with Crippen molar-refractivity contribution in [1.29, 1.82) is 0 Å². The number of methoxy groups -OCH3 is 2. The van der Waals surface area contributed by atoms with Gasteiger partial charge in [-0.05, 0) is 0 Å². The molecule has 2 unspecified atom stereocenters. The van der Waals surface area contributed by atoms with Crippen molar-refractivity contribution in [3.63, 3.8) is 0 Å². The predicted molar refractivity (Wildman–Crippen MR) is 156 cm³/mol. The molecule has 0 radical (unpaired) electrons. The highest BCUT2D eigenvalue weighted by Gasteiger charge is 2.47. The number of aliphatic hydroxyl groups is 3. The van der Waals surface area contributed by atoms with Crippen molar-refractivity contribution in [2.24, 2.45) is 0 Å². The lowest BCUT2D eigenvalue weighted by Crippen LogP contribution is -2.33. The van der Waals surface area contributed by atoms with E-state index in [1.165, 1.54) is 20.4 Å². The molecule has 22 heteroatoms. The fraction of sp³-hybridized carbons (Fsp3) is 0.500. The van der Waals surface area contributed by atoms with Gasteiger partial charge in [0, 0.05) is 37.7 Å². The Hall–Kier alpha value is -3.73. The van der Waals surface area contributed by atoms with Crippen LogP contribution in [-0.2, 0) is 28.2 Å². The fourth-order valence-electron chi connectivity index (χ4n) is 5.40. The van der Waals surface area contributed by atoms with Crippen LogP contribution >= 0.6 is 7.60 Å². The van der Waals surface area contributed by atoms with Crippen LogP contribution in [-0.4, -0.2) is 119 Å². The number of aliphatic hydroxyl groups excluding tert-OH is 3. The summed E-state index contributed by atoms with van der Waals surface area (Å²) in [4.78, 5) is 59.9. The number of nitrogens with two attached hydrogens (primary N) is 2. The fourth-order valence-corrected chi connectivity index (χ4v) is 5.74. The van der Waals surface area contributed by atoms with Gasteiger partial charge in [-0.1, -0.05) is 0 Å². The molecule has 0 aliphatic carbocycles. The molecule has 13 N–H and O–H groups in total. The molecule has 46 heavy (non-hydrogen) atoms. The van der Waals surface area contributed by atoms with Crippen LogP contribution in [0.3, 0.4) is 0 Å². The Morgan fingerprint density at radius 2 is 1.35 bits per heavy atom. The number of nitrogen functional groups attached to an aromatic ring is 2. The number of fused-ring (bicyclic) bond motifs is 2. The quantitative estimate of drug-likeness (QED) is 0.0854. The highest BCUT2D eigenvalue weighted by atomic mass is 31.2. The average Bonchev–Trinajstić information content (AvgIpc) is 3.74. The lowest BCUT2D eigenvalue weighted by molar-refractivity contribution is -0.157. The van der Waals surface area contributed by atoms with Gasteiger partial charge in [-0.2, -0.15) is 0 Å². The van der Waals surface area contributed by atoms with Crippen LogP contribution in [0.15, 0.2) is 22.0 Å². The summed E-state index contributed by atoms with van der Waals surface area (Å²) in [6.07, 6.45) is -5.43. The van der Waals surface area contributed by atoms with Crippen molar-refractivity contribution in [1.82, 2.24) is 29.9 Å². The lowest BCUT2D eigenvalue weighted by Gasteiger charge is -2.17. The van der Waals surface area contributed by atoms with Gasteiger partial charge < -0.3 is 70.2 Å². The Morgan fingerprint density at radius 1 is 0.870 bits per heavy atom. The van der Waals surface area contributed by atoms with Gasteiger partial charge in [-0.15, -0.1) is 0 Å². The smallest absolute Gasteiger partial charge is 0.351 e. The van der Waals surface area contributed by atoms with Crippen LogP contribution in [0.2, 0.25) is 0 Å². The molecule has 4 aromatic rings. The summed E-state index contributed by atoms with van der Waals surface area (Å²) in [6, 6.07) is 0. The Bertz CT molecular complexity index is 1850. The predicted octanol–water partition coefficient (Wildman–Crippen LogP) is -2.60. The lowest BCUT2D eigenvalue weighted by atomic mass is 10.0. The highest BCUT2D eigenvalue weighted by Crippen LogP contribution is 2.41. The molecule has 0 amide bonds. The van der Waals surface area contributed by atoms with Crippen molar-refractivity contribution in [2.45, 2.75) is 49.0 Å². The number of hydrogen-bond donors (Lipinski definition) is 11. The molecule has 2 aliphatic heterocycles. The SMILES string of the molecule is CO[C@@H]1C(O)[C@@H](CO)O[C@H]1c1c[nH]c2c(=O)[nH]c(N)nc12.CO[C@@H]1C(O)[C@@H](OCP(=O)(O)O)O[C@H]1c1c[nH]c2c(=O)[nH]c(N)nc12. The third-order valence-electron chi connectivity index (χ3n) is 7.44. The van der Waals surface area contributed by atoms with E-state index in [0.717, 1.165) is 0 Å². The number of hydrogen-bond acceptors (Lipinski definition) is 15. The normalized spacial score (nSPS) is 28.2. The molecule has 2 aliphatic rings. The molecule has 6 heterocycles. The van der Waals surface area contributed by atoms with E-state index in [4.69, 9.17) is 44.9 Å². The molecule has 0 aromatic carbocycles. The zero-order valence-corrected chi connectivity index (χ0v) is 25.1. The molecule has 6 rings (SSSR count). The average molecular weight is 673 g/mol. The van der Waals surface area contributed by atoms with E-state index in [1.807, 2.05) is 0 Å². The zero-order valence-electron chi connectivity index (χ0n) is 24.2. The molecular weight excluding hydrogens is 639 g/mol. The van der Waals surface area contributed by atoms with E-state index in [1.54, 1.807) is 6.20 Å². The maximum atomic E-state index is 11.9. The van der Waals surface area contributed by atoms with Crippen molar-refractivity contribution in [2.75, 3.05) is 38.6 Å². The van der Waals surface area contributed by atoms with Crippen molar-refractivity contribution in [3.05, 3.63) is 44.2 Å². The molecule has 0 bridgehead atoms. The Labute approximate surface area is 257 Å². The van der Waals surface area contributed by atoms with Gasteiger partial charge in [0.1, 0.15) is 64.8 Å². The van der Waals surface area contributed by atoms with Crippen LogP contribution in [0.4, 0.5) is 11.9 Å². The van der Waals surface area contributed by atoms with Gasteiger partial charge in [-0.3, -0.25) is 24.1 Å². The monoisotopic (exact) mass is 672 g/mol. The van der Waals surface area contributed by atoms with E-state index in [0.29, 0.717) is 16.6 Å². The molecule has 4 aromatic heterocycles. The molecule has 21 nitrogen and oxygen atoms in total. The molecule has 0 spiro atoms. The van der Waals surface area contributed by atoms with E-state index in [-0.39, 0.29) is 35.1 Å². The summed E-state index contributed by atoms with van der Waals surface area (Å²) in [7, 11) is -1.67. The number of ether oxygens (including phenoxy) is 5. The summed E-state index contributed by atoms with van der Waals surface area (Å²) >= 11 is 0. The van der Waals surface area contributed by atoms with Gasteiger partial charge in [-0.25, -0.2) is 9.97 Å². The summed E-state index contributed by atoms with van der Waals surface area (Å²) < 4.78 is 37.6. The Kier molecular flexibility index (Phi) is 9.63. The summed E-state index contributed by atoms with van der Waals surface area (Å²) in [5.41, 5.74) is 12.2. The molecule has 8 atom stereocenters. The van der Waals surface area contributed by atoms with E-state index in [2.05, 4.69) is 29.9 Å². The number of anilines is 2. The highest BCUT2D eigenvalue weighted by molar-refractivity contribution is 7.51. The number of aromatic amines is 4. The van der Waals surface area contributed by atoms with Gasteiger partial charge in [0.25, 0.3) is 11.1 Å². The van der Waals surface area contributed by atoms with Gasteiger partial charge in [0.15, 0.2) is 12.6 Å². The number of H-pyrrole nitrogens is 4. The van der Waals surface area contributed by atoms with Crippen LogP contribution in [0.5, 0.6) is 0 Å². The number of rotatable bonds is 8. The van der Waals surface area contributed by atoms with Gasteiger partial charge in [0.05, 0.1) is 6.61 Å². The summed E-state index contributed by atoms with van der Waals surface area (Å²) in [5, 5.41) is 29.5. The summed E-state index contributed by atoms with van der Waals surface area (Å²) in [5.74, 6) is -0.111. The molecule has 2 saturated heterocycles. The second-order valence-electron chi connectivity index (χ2n) is 10.4. The first-order chi connectivity index (χ1) is 21.8. The Morgan fingerprint density at radius 3 is 1.80 bits per heavy atom. The zero-order chi connectivity index (χ0) is 33.5. The van der Waals surface area contributed by atoms with Crippen LogP contribution in [0.25, 0.3) is 22.1 Å². The van der Waals surface area contributed by atoms with E-state index < -0.39 is 74.1 Å². The maximum absolute atomic E-state index is 11.9. The van der Waals surface area contributed by atoms with Gasteiger partial charge in [0.2, 0.25) is 11.9 Å². The molecule has 2 fully saturated rings. The van der Waals surface area contributed by atoms with Crippen LogP contribution < -0.4 is 22.6 Å². The van der Waals surface area contributed by atoms with Crippen LogP contribution in [0.1, 0.15) is 23.3 Å². The second kappa shape index (κ2) is 13.2.